The summed E-state index contributed by atoms with van der Waals surface area (Å²) in [4.78, 5) is 11.2. The van der Waals surface area contributed by atoms with Crippen molar-refractivity contribution in [3.05, 3.63) is 12.2 Å². The minimum Gasteiger partial charge on any atom is -0.282 e. The molecule has 0 unspecified atom stereocenters. The van der Waals surface area contributed by atoms with Crippen LogP contribution in [0.25, 0.3) is 0 Å². The SMILES string of the molecule is C=C(C)C(=O)SCSc1nnc(SC)s1. The van der Waals surface area contributed by atoms with Crippen molar-refractivity contribution >= 4 is 51.7 Å². The molecule has 0 amide bonds. The molecule has 0 saturated heterocycles. The van der Waals surface area contributed by atoms with Crippen LogP contribution < -0.4 is 0 Å². The number of carbonyl (C=O) groups is 1. The Balaban J connectivity index is 2.31. The average molecular weight is 278 g/mol. The van der Waals surface area contributed by atoms with E-state index in [1.54, 1.807) is 30.0 Å². The monoisotopic (exact) mass is 278 g/mol. The highest BCUT2D eigenvalue weighted by atomic mass is 32.2. The fourth-order valence-corrected chi connectivity index (χ4v) is 4.08. The molecule has 0 aliphatic heterocycles. The van der Waals surface area contributed by atoms with Crippen LogP contribution in [-0.4, -0.2) is 26.7 Å². The van der Waals surface area contributed by atoms with Gasteiger partial charge in [-0.1, -0.05) is 53.2 Å². The molecule has 82 valence electrons. The Labute approximate surface area is 106 Å². The van der Waals surface area contributed by atoms with Gasteiger partial charge in [0, 0.05) is 0 Å². The van der Waals surface area contributed by atoms with Crippen LogP contribution >= 0.6 is 46.6 Å². The van der Waals surface area contributed by atoms with Gasteiger partial charge in [-0.05, 0) is 18.8 Å². The molecule has 0 aliphatic rings. The van der Waals surface area contributed by atoms with Crippen LogP contribution in [-0.2, 0) is 4.79 Å². The molecule has 0 saturated carbocycles. The van der Waals surface area contributed by atoms with E-state index in [-0.39, 0.29) is 5.12 Å². The first-order valence-electron chi connectivity index (χ1n) is 3.96. The van der Waals surface area contributed by atoms with Gasteiger partial charge in [0.25, 0.3) is 0 Å². The van der Waals surface area contributed by atoms with Crippen molar-refractivity contribution in [3.8, 4) is 0 Å². The second kappa shape index (κ2) is 6.57. The van der Waals surface area contributed by atoms with Gasteiger partial charge in [0.05, 0.1) is 5.08 Å². The molecule has 1 heterocycles. The molecular formula is C8H10N2OS4. The summed E-state index contributed by atoms with van der Waals surface area (Å²) in [6, 6.07) is 0. The summed E-state index contributed by atoms with van der Waals surface area (Å²) in [5.74, 6) is 0. The molecule has 0 atom stereocenters. The number of thioether (sulfide) groups is 3. The van der Waals surface area contributed by atoms with Crippen LogP contribution in [0.4, 0.5) is 0 Å². The first-order chi connectivity index (χ1) is 7.13. The van der Waals surface area contributed by atoms with E-state index in [9.17, 15) is 4.79 Å². The summed E-state index contributed by atoms with van der Waals surface area (Å²) in [7, 11) is 0. The first-order valence-corrected chi connectivity index (χ1v) is 7.97. The lowest BCUT2D eigenvalue weighted by Gasteiger charge is -1.96. The molecule has 0 N–H and O–H groups in total. The van der Waals surface area contributed by atoms with Gasteiger partial charge in [-0.3, -0.25) is 4.79 Å². The van der Waals surface area contributed by atoms with Gasteiger partial charge in [-0.25, -0.2) is 0 Å². The fraction of sp³-hybridized carbons (Fsp3) is 0.375. The van der Waals surface area contributed by atoms with Crippen molar-refractivity contribution in [1.82, 2.24) is 10.2 Å². The summed E-state index contributed by atoms with van der Waals surface area (Å²) in [6.45, 7) is 5.31. The smallest absolute Gasteiger partial charge is 0.215 e. The lowest BCUT2D eigenvalue weighted by atomic mass is 10.4. The van der Waals surface area contributed by atoms with Gasteiger partial charge in [0.15, 0.2) is 8.68 Å². The van der Waals surface area contributed by atoms with Crippen LogP contribution in [0, 0.1) is 0 Å². The number of aromatic nitrogens is 2. The van der Waals surface area contributed by atoms with Gasteiger partial charge in [0.1, 0.15) is 0 Å². The number of rotatable bonds is 5. The number of hydrogen-bond acceptors (Lipinski definition) is 7. The molecule has 0 bridgehead atoms. The predicted molar refractivity (Wildman–Crippen MR) is 69.8 cm³/mol. The molecule has 0 aliphatic carbocycles. The molecule has 7 heteroatoms. The van der Waals surface area contributed by atoms with Gasteiger partial charge in [-0.15, -0.1) is 10.2 Å². The summed E-state index contributed by atoms with van der Waals surface area (Å²) >= 11 is 5.92. The molecule has 15 heavy (non-hydrogen) atoms. The third-order valence-corrected chi connectivity index (χ3v) is 5.46. The third-order valence-electron chi connectivity index (χ3n) is 1.28. The Kier molecular flexibility index (Phi) is 5.73. The zero-order valence-electron chi connectivity index (χ0n) is 8.35. The van der Waals surface area contributed by atoms with Crippen molar-refractivity contribution < 1.29 is 4.79 Å². The number of carbonyl (C=O) groups excluding carboxylic acids is 1. The summed E-state index contributed by atoms with van der Waals surface area (Å²) in [5, 5.41) is 8.66. The highest BCUT2D eigenvalue weighted by molar-refractivity contribution is 8.24. The fourth-order valence-electron chi connectivity index (χ4n) is 0.595. The lowest BCUT2D eigenvalue weighted by molar-refractivity contribution is -0.107. The van der Waals surface area contributed by atoms with Crippen LogP contribution in [0.2, 0.25) is 0 Å². The topological polar surface area (TPSA) is 42.9 Å². The quantitative estimate of drug-likeness (QED) is 0.468. The van der Waals surface area contributed by atoms with Crippen molar-refractivity contribution in [1.29, 1.82) is 0 Å². The minimum atomic E-state index is 0.0390. The molecule has 0 spiro atoms. The van der Waals surface area contributed by atoms with Crippen molar-refractivity contribution in [2.24, 2.45) is 0 Å². The highest BCUT2D eigenvalue weighted by Crippen LogP contribution is 2.29. The summed E-state index contributed by atoms with van der Waals surface area (Å²) in [6.07, 6.45) is 1.97. The van der Waals surface area contributed by atoms with E-state index in [0.717, 1.165) is 8.68 Å². The molecule has 0 radical (unpaired) electrons. The zero-order valence-corrected chi connectivity index (χ0v) is 11.6. The van der Waals surface area contributed by atoms with E-state index in [4.69, 9.17) is 0 Å². The molecular weight excluding hydrogens is 268 g/mol. The first kappa shape index (κ1) is 13.1. The molecule has 3 nitrogen and oxygen atoms in total. The highest BCUT2D eigenvalue weighted by Gasteiger charge is 2.06. The molecule has 1 rings (SSSR count). The maximum atomic E-state index is 11.2. The second-order valence-electron chi connectivity index (χ2n) is 2.51. The predicted octanol–water partition coefficient (Wildman–Crippen LogP) is 3.15. The standard InChI is InChI=1S/C8H10N2OS4/c1-5(2)6(11)13-4-14-8-10-9-7(12-3)15-8/h1,4H2,2-3H3. The zero-order chi connectivity index (χ0) is 11.3. The molecule has 1 aromatic heterocycles. The summed E-state index contributed by atoms with van der Waals surface area (Å²) < 4.78 is 1.86. The van der Waals surface area contributed by atoms with Crippen molar-refractivity contribution in [2.45, 2.75) is 15.6 Å². The number of nitrogens with zero attached hydrogens (tertiary/aromatic N) is 2. The van der Waals surface area contributed by atoms with E-state index < -0.39 is 0 Å². The number of hydrogen-bond donors (Lipinski definition) is 0. The lowest BCUT2D eigenvalue weighted by Crippen LogP contribution is -1.91. The van der Waals surface area contributed by atoms with Gasteiger partial charge < -0.3 is 0 Å². The Hall–Kier alpha value is 0.0200. The van der Waals surface area contributed by atoms with E-state index in [1.807, 2.05) is 6.26 Å². The Bertz CT molecular complexity index is 363. The van der Waals surface area contributed by atoms with Crippen LogP contribution in [0.15, 0.2) is 20.8 Å². The van der Waals surface area contributed by atoms with Gasteiger partial charge >= 0.3 is 0 Å². The Morgan fingerprint density at radius 2 is 2.13 bits per heavy atom. The normalized spacial score (nSPS) is 10.3. The maximum Gasteiger partial charge on any atom is 0.215 e. The Morgan fingerprint density at radius 3 is 2.67 bits per heavy atom. The van der Waals surface area contributed by atoms with Crippen molar-refractivity contribution in [3.63, 3.8) is 0 Å². The van der Waals surface area contributed by atoms with Crippen LogP contribution in [0.1, 0.15) is 6.92 Å². The Morgan fingerprint density at radius 1 is 1.47 bits per heavy atom. The van der Waals surface area contributed by atoms with Crippen LogP contribution in [0.5, 0.6) is 0 Å². The maximum absolute atomic E-state index is 11.2. The van der Waals surface area contributed by atoms with Crippen molar-refractivity contribution in [2.75, 3.05) is 11.3 Å². The second-order valence-corrected chi connectivity index (χ2v) is 7.08. The van der Waals surface area contributed by atoms with E-state index in [2.05, 4.69) is 16.8 Å². The minimum absolute atomic E-state index is 0.0390. The van der Waals surface area contributed by atoms with Gasteiger partial charge in [-0.2, -0.15) is 0 Å². The average Bonchev–Trinajstić information content (AvgIpc) is 2.65. The van der Waals surface area contributed by atoms with E-state index >= 15 is 0 Å². The summed E-state index contributed by atoms with van der Waals surface area (Å²) in [5.41, 5.74) is 0.586. The third kappa shape index (κ3) is 4.58. The van der Waals surface area contributed by atoms with Gasteiger partial charge in [0.2, 0.25) is 5.12 Å². The van der Waals surface area contributed by atoms with Crippen LogP contribution in [0.3, 0.4) is 0 Å². The molecule has 0 fully saturated rings. The largest absolute Gasteiger partial charge is 0.282 e. The van der Waals surface area contributed by atoms with E-state index in [1.165, 1.54) is 23.5 Å². The molecule has 0 aromatic carbocycles. The van der Waals surface area contributed by atoms with E-state index in [0.29, 0.717) is 10.7 Å². The molecule has 1 aromatic rings.